The first-order valence-electron chi connectivity index (χ1n) is 9.34. The van der Waals surface area contributed by atoms with Crippen LogP contribution < -0.4 is 20.7 Å². The molecule has 0 aliphatic carbocycles. The van der Waals surface area contributed by atoms with Crippen molar-refractivity contribution in [2.75, 3.05) is 43.6 Å². The fraction of sp³-hybridized carbons (Fsp3) is 0.300. The standard InChI is InChI=1S/C20H23FN6O2/c1-28-17-7-5-16(6-8-17)27-19(23-15-4-2-3-14(21)13-15)24-18(22)25-20(27)26-9-11-29-12-10-26/h2-8,13,19,23H,9-12H2,1H3,(H2,22,24). The summed E-state index contributed by atoms with van der Waals surface area (Å²) >= 11 is 0. The number of aliphatic imine (C=N–C) groups is 2. The third-order valence-corrected chi connectivity index (χ3v) is 4.69. The van der Waals surface area contributed by atoms with Gasteiger partial charge in [0.15, 0.2) is 0 Å². The lowest BCUT2D eigenvalue weighted by Crippen LogP contribution is -2.57. The van der Waals surface area contributed by atoms with Crippen molar-refractivity contribution in [3.05, 3.63) is 54.3 Å². The lowest BCUT2D eigenvalue weighted by molar-refractivity contribution is 0.0671. The Morgan fingerprint density at radius 1 is 1.17 bits per heavy atom. The Morgan fingerprint density at radius 3 is 2.62 bits per heavy atom. The molecule has 8 nitrogen and oxygen atoms in total. The Kier molecular flexibility index (Phi) is 5.48. The molecule has 2 aliphatic heterocycles. The van der Waals surface area contributed by atoms with E-state index in [1.165, 1.54) is 12.1 Å². The van der Waals surface area contributed by atoms with E-state index in [1.54, 1.807) is 19.2 Å². The Morgan fingerprint density at radius 2 is 1.93 bits per heavy atom. The number of nitrogens with zero attached hydrogens (tertiary/aromatic N) is 4. The SMILES string of the molecule is COc1ccc(N2C(N3CCOCC3)=NC(N)=NC2Nc2cccc(F)c2)cc1. The average molecular weight is 398 g/mol. The third-order valence-electron chi connectivity index (χ3n) is 4.69. The molecule has 2 heterocycles. The van der Waals surface area contributed by atoms with Gasteiger partial charge in [-0.05, 0) is 42.5 Å². The van der Waals surface area contributed by atoms with Gasteiger partial charge in [0.1, 0.15) is 11.6 Å². The van der Waals surface area contributed by atoms with E-state index >= 15 is 0 Å². The molecule has 1 saturated heterocycles. The van der Waals surface area contributed by atoms with Gasteiger partial charge in [0.2, 0.25) is 18.2 Å². The fourth-order valence-electron chi connectivity index (χ4n) is 3.29. The molecule has 9 heteroatoms. The molecule has 2 aliphatic rings. The smallest absolute Gasteiger partial charge is 0.222 e. The summed E-state index contributed by atoms with van der Waals surface area (Å²) in [4.78, 5) is 13.0. The molecular formula is C20H23FN6O2. The molecule has 2 aromatic rings. The molecule has 0 bridgehead atoms. The van der Waals surface area contributed by atoms with Crippen LogP contribution in [0.25, 0.3) is 0 Å². The van der Waals surface area contributed by atoms with Crippen molar-refractivity contribution < 1.29 is 13.9 Å². The van der Waals surface area contributed by atoms with Gasteiger partial charge in [-0.25, -0.2) is 9.38 Å². The molecule has 2 aromatic carbocycles. The van der Waals surface area contributed by atoms with Gasteiger partial charge in [-0.15, -0.1) is 0 Å². The van der Waals surface area contributed by atoms with Crippen LogP contribution in [0.3, 0.4) is 0 Å². The first kappa shape index (κ1) is 19.0. The number of halogens is 1. The quantitative estimate of drug-likeness (QED) is 0.820. The van der Waals surface area contributed by atoms with Crippen molar-refractivity contribution in [2.24, 2.45) is 15.7 Å². The minimum Gasteiger partial charge on any atom is -0.497 e. The van der Waals surface area contributed by atoms with E-state index in [9.17, 15) is 4.39 Å². The molecule has 0 radical (unpaired) electrons. The van der Waals surface area contributed by atoms with Gasteiger partial charge in [0.05, 0.1) is 20.3 Å². The summed E-state index contributed by atoms with van der Waals surface area (Å²) in [5, 5.41) is 3.25. The number of anilines is 2. The molecule has 1 atom stereocenters. The lowest BCUT2D eigenvalue weighted by atomic mass is 10.2. The lowest BCUT2D eigenvalue weighted by Gasteiger charge is -2.41. The Labute approximate surface area is 168 Å². The van der Waals surface area contributed by atoms with E-state index in [0.29, 0.717) is 38.0 Å². The maximum atomic E-state index is 13.7. The van der Waals surface area contributed by atoms with Crippen molar-refractivity contribution in [3.8, 4) is 5.75 Å². The highest BCUT2D eigenvalue weighted by Crippen LogP contribution is 2.26. The number of methoxy groups -OCH3 is 1. The number of benzene rings is 2. The number of morpholine rings is 1. The van der Waals surface area contributed by atoms with E-state index in [1.807, 2.05) is 29.2 Å². The zero-order chi connectivity index (χ0) is 20.2. The Hall–Kier alpha value is -3.33. The molecule has 0 spiro atoms. The van der Waals surface area contributed by atoms with Gasteiger partial charge >= 0.3 is 0 Å². The van der Waals surface area contributed by atoms with Crippen LogP contribution in [0.1, 0.15) is 0 Å². The first-order valence-corrected chi connectivity index (χ1v) is 9.34. The molecule has 0 amide bonds. The molecule has 29 heavy (non-hydrogen) atoms. The van der Waals surface area contributed by atoms with E-state index < -0.39 is 6.29 Å². The van der Waals surface area contributed by atoms with Gasteiger partial charge < -0.3 is 25.4 Å². The average Bonchev–Trinajstić information content (AvgIpc) is 2.74. The molecule has 152 valence electrons. The highest BCUT2D eigenvalue weighted by Gasteiger charge is 2.32. The highest BCUT2D eigenvalue weighted by atomic mass is 19.1. The van der Waals surface area contributed by atoms with E-state index in [4.69, 9.17) is 15.2 Å². The maximum Gasteiger partial charge on any atom is 0.222 e. The monoisotopic (exact) mass is 398 g/mol. The van der Waals surface area contributed by atoms with E-state index in [2.05, 4.69) is 20.2 Å². The van der Waals surface area contributed by atoms with Crippen LogP contribution in [0, 0.1) is 5.82 Å². The number of hydrogen-bond acceptors (Lipinski definition) is 8. The van der Waals surface area contributed by atoms with Crippen LogP contribution in [0.15, 0.2) is 58.5 Å². The van der Waals surface area contributed by atoms with Gasteiger partial charge in [-0.3, -0.25) is 4.90 Å². The molecular weight excluding hydrogens is 375 g/mol. The van der Waals surface area contributed by atoms with Crippen molar-refractivity contribution >= 4 is 23.3 Å². The molecule has 3 N–H and O–H groups in total. The molecule has 4 rings (SSSR count). The fourth-order valence-corrected chi connectivity index (χ4v) is 3.29. The minimum atomic E-state index is -0.597. The summed E-state index contributed by atoms with van der Waals surface area (Å²) in [6.07, 6.45) is -0.597. The summed E-state index contributed by atoms with van der Waals surface area (Å²) in [5.41, 5.74) is 7.47. The Balaban J connectivity index is 1.71. The zero-order valence-electron chi connectivity index (χ0n) is 16.1. The second kappa shape index (κ2) is 8.36. The number of rotatable bonds is 4. The summed E-state index contributed by atoms with van der Waals surface area (Å²) in [7, 11) is 1.62. The molecule has 1 unspecified atom stereocenters. The number of hydrogen-bond donors (Lipinski definition) is 2. The third kappa shape index (κ3) is 4.24. The van der Waals surface area contributed by atoms with Crippen LogP contribution in [0.4, 0.5) is 15.8 Å². The van der Waals surface area contributed by atoms with Gasteiger partial charge in [-0.1, -0.05) is 6.07 Å². The normalized spacial score (nSPS) is 19.4. The van der Waals surface area contributed by atoms with Crippen LogP contribution in [0.5, 0.6) is 5.75 Å². The predicted octanol–water partition coefficient (Wildman–Crippen LogP) is 2.05. The highest BCUT2D eigenvalue weighted by molar-refractivity contribution is 6.06. The van der Waals surface area contributed by atoms with Crippen molar-refractivity contribution in [2.45, 2.75) is 6.29 Å². The number of ether oxygens (including phenoxy) is 2. The second-order valence-electron chi connectivity index (χ2n) is 6.59. The summed E-state index contributed by atoms with van der Waals surface area (Å²) < 4.78 is 24.4. The Bertz CT molecular complexity index is 911. The van der Waals surface area contributed by atoms with Gasteiger partial charge in [0.25, 0.3) is 0 Å². The number of guanidine groups is 2. The minimum absolute atomic E-state index is 0.158. The van der Waals surface area contributed by atoms with Crippen molar-refractivity contribution in [3.63, 3.8) is 0 Å². The second-order valence-corrected chi connectivity index (χ2v) is 6.59. The summed E-state index contributed by atoms with van der Waals surface area (Å²) in [6, 6.07) is 13.8. The molecule has 0 aromatic heterocycles. The summed E-state index contributed by atoms with van der Waals surface area (Å²) in [5.74, 6) is 1.24. The number of nitrogens with one attached hydrogen (secondary N) is 1. The van der Waals surface area contributed by atoms with E-state index in [-0.39, 0.29) is 11.8 Å². The predicted molar refractivity (Wildman–Crippen MR) is 111 cm³/mol. The number of nitrogens with two attached hydrogens (primary N) is 1. The first-order chi connectivity index (χ1) is 14.1. The van der Waals surface area contributed by atoms with Gasteiger partial charge in [-0.2, -0.15) is 4.99 Å². The topological polar surface area (TPSA) is 87.7 Å². The van der Waals surface area contributed by atoms with E-state index in [0.717, 1.165) is 11.4 Å². The largest absolute Gasteiger partial charge is 0.497 e. The zero-order valence-corrected chi connectivity index (χ0v) is 16.1. The van der Waals surface area contributed by atoms with Crippen LogP contribution in [-0.2, 0) is 4.74 Å². The van der Waals surface area contributed by atoms with Crippen molar-refractivity contribution in [1.82, 2.24) is 4.90 Å². The van der Waals surface area contributed by atoms with Gasteiger partial charge in [0, 0.05) is 24.5 Å². The van der Waals surface area contributed by atoms with Crippen LogP contribution >= 0.6 is 0 Å². The van der Waals surface area contributed by atoms with Crippen LogP contribution in [-0.4, -0.2) is 56.5 Å². The molecule has 1 fully saturated rings. The van der Waals surface area contributed by atoms with Crippen LogP contribution in [0.2, 0.25) is 0 Å². The molecule has 0 saturated carbocycles. The van der Waals surface area contributed by atoms with Crippen molar-refractivity contribution in [1.29, 1.82) is 0 Å². The summed E-state index contributed by atoms with van der Waals surface area (Å²) in [6.45, 7) is 2.58. The maximum absolute atomic E-state index is 13.7.